The van der Waals surface area contributed by atoms with Crippen molar-refractivity contribution in [3.05, 3.63) is 0 Å². The maximum atomic E-state index is 11.9. The first kappa shape index (κ1) is 17.7. The van der Waals surface area contributed by atoms with Crippen LogP contribution in [0.15, 0.2) is 0 Å². The fourth-order valence-corrected chi connectivity index (χ4v) is 4.59. The average Bonchev–Trinajstić information content (AvgIpc) is 2.79. The van der Waals surface area contributed by atoms with Crippen LogP contribution in [0.3, 0.4) is 0 Å². The molecule has 0 aromatic carbocycles. The van der Waals surface area contributed by atoms with Gasteiger partial charge in [0.25, 0.3) is 0 Å². The van der Waals surface area contributed by atoms with Gasteiger partial charge >= 0.3 is 0 Å². The Hall–Kier alpha value is -0.700. The summed E-state index contributed by atoms with van der Waals surface area (Å²) < 4.78 is 35.5. The fourth-order valence-electron chi connectivity index (χ4n) is 3.65. The molecular formula is C14H26N2O5S. The molecule has 2 heterocycles. The Labute approximate surface area is 132 Å². The molecule has 0 radical (unpaired) electrons. The maximum absolute atomic E-state index is 11.9. The van der Waals surface area contributed by atoms with Crippen LogP contribution in [-0.4, -0.2) is 83.4 Å². The smallest absolute Gasteiger partial charge is 0.248 e. The summed E-state index contributed by atoms with van der Waals surface area (Å²) in [4.78, 5) is 13.7. The second-order valence-electron chi connectivity index (χ2n) is 6.38. The number of sulfonamides is 1. The second kappa shape index (κ2) is 6.82. The van der Waals surface area contributed by atoms with E-state index in [0.717, 1.165) is 12.8 Å². The van der Waals surface area contributed by atoms with E-state index in [1.165, 1.54) is 13.4 Å². The van der Waals surface area contributed by atoms with E-state index in [-0.39, 0.29) is 23.8 Å². The molecule has 1 atom stereocenters. The van der Waals surface area contributed by atoms with Crippen LogP contribution in [0.5, 0.6) is 0 Å². The highest BCUT2D eigenvalue weighted by molar-refractivity contribution is 7.88. The highest BCUT2D eigenvalue weighted by Crippen LogP contribution is 2.45. The topological polar surface area (TPSA) is 76.2 Å². The van der Waals surface area contributed by atoms with E-state index in [1.807, 2.05) is 4.90 Å². The normalized spacial score (nSPS) is 25.8. The largest absolute Gasteiger partial charge is 0.384 e. The van der Waals surface area contributed by atoms with Gasteiger partial charge in [-0.3, -0.25) is 4.79 Å². The highest BCUT2D eigenvalue weighted by Gasteiger charge is 2.50. The molecule has 2 aliphatic heterocycles. The molecule has 2 saturated heterocycles. The van der Waals surface area contributed by atoms with Crippen LogP contribution < -0.4 is 0 Å². The number of ether oxygens (including phenoxy) is 2. The first-order valence-electron chi connectivity index (χ1n) is 7.53. The van der Waals surface area contributed by atoms with Gasteiger partial charge in [0.1, 0.15) is 6.61 Å². The summed E-state index contributed by atoms with van der Waals surface area (Å²) in [6, 6.07) is 0. The monoisotopic (exact) mass is 334 g/mol. The number of methoxy groups -OCH3 is 2. The van der Waals surface area contributed by atoms with E-state index >= 15 is 0 Å². The number of carbonyl (C=O) groups excluding carboxylic acids is 1. The quantitative estimate of drug-likeness (QED) is 0.695. The number of likely N-dealkylation sites (tertiary alicyclic amines) is 1. The fraction of sp³-hybridized carbons (Fsp3) is 0.929. The van der Waals surface area contributed by atoms with E-state index in [4.69, 9.17) is 9.47 Å². The summed E-state index contributed by atoms with van der Waals surface area (Å²) in [5.41, 5.74) is -0.0804. The van der Waals surface area contributed by atoms with Crippen molar-refractivity contribution in [1.29, 1.82) is 0 Å². The molecule has 2 rings (SSSR count). The molecule has 8 heteroatoms. The molecule has 1 amide bonds. The summed E-state index contributed by atoms with van der Waals surface area (Å²) in [7, 11) is -0.0307. The van der Waals surface area contributed by atoms with Gasteiger partial charge < -0.3 is 14.4 Å². The van der Waals surface area contributed by atoms with E-state index in [2.05, 4.69) is 0 Å². The Morgan fingerprint density at radius 1 is 1.23 bits per heavy atom. The summed E-state index contributed by atoms with van der Waals surface area (Å²) in [6.07, 6.45) is 2.87. The summed E-state index contributed by atoms with van der Waals surface area (Å²) in [5.74, 6) is 0.186. The lowest BCUT2D eigenvalue weighted by Gasteiger charge is -2.42. The first-order chi connectivity index (χ1) is 10.3. The minimum atomic E-state index is -3.19. The van der Waals surface area contributed by atoms with Crippen LogP contribution in [0.1, 0.15) is 12.8 Å². The molecule has 0 unspecified atom stereocenters. The number of rotatable bonds is 5. The molecular weight excluding hydrogens is 308 g/mol. The molecule has 2 aliphatic rings. The van der Waals surface area contributed by atoms with Crippen LogP contribution in [0.25, 0.3) is 0 Å². The van der Waals surface area contributed by atoms with Gasteiger partial charge in [0.2, 0.25) is 15.9 Å². The molecule has 128 valence electrons. The Balaban J connectivity index is 2.07. The van der Waals surface area contributed by atoms with Crippen LogP contribution in [0.2, 0.25) is 0 Å². The van der Waals surface area contributed by atoms with Gasteiger partial charge in [0.15, 0.2) is 0 Å². The molecule has 0 bridgehead atoms. The third kappa shape index (κ3) is 3.61. The molecule has 7 nitrogen and oxygen atoms in total. The van der Waals surface area contributed by atoms with Crippen molar-refractivity contribution in [3.8, 4) is 0 Å². The van der Waals surface area contributed by atoms with E-state index < -0.39 is 10.0 Å². The number of carbonyl (C=O) groups is 1. The van der Waals surface area contributed by atoms with Crippen LogP contribution in [0, 0.1) is 11.3 Å². The predicted octanol–water partition coefficient (Wildman–Crippen LogP) is -0.221. The zero-order chi connectivity index (χ0) is 16.4. The Morgan fingerprint density at radius 3 is 2.36 bits per heavy atom. The van der Waals surface area contributed by atoms with E-state index in [0.29, 0.717) is 32.8 Å². The van der Waals surface area contributed by atoms with Crippen molar-refractivity contribution in [1.82, 2.24) is 9.21 Å². The SMILES string of the molecule is COCC(=O)N1CCC2(CC1)CN(S(C)(=O)=O)C[C@H]2COC. The molecule has 0 aliphatic carbocycles. The molecule has 0 saturated carbocycles. The lowest BCUT2D eigenvalue weighted by molar-refractivity contribution is -0.138. The lowest BCUT2D eigenvalue weighted by Crippen LogP contribution is -2.48. The number of nitrogens with zero attached hydrogens (tertiary/aromatic N) is 2. The highest BCUT2D eigenvalue weighted by atomic mass is 32.2. The Kier molecular flexibility index (Phi) is 5.47. The zero-order valence-electron chi connectivity index (χ0n) is 13.6. The summed E-state index contributed by atoms with van der Waals surface area (Å²) in [5, 5.41) is 0. The maximum Gasteiger partial charge on any atom is 0.248 e. The average molecular weight is 334 g/mol. The van der Waals surface area contributed by atoms with Crippen LogP contribution in [0.4, 0.5) is 0 Å². The van der Waals surface area contributed by atoms with Crippen molar-refractivity contribution in [3.63, 3.8) is 0 Å². The molecule has 0 N–H and O–H groups in total. The van der Waals surface area contributed by atoms with Crippen LogP contribution in [-0.2, 0) is 24.3 Å². The van der Waals surface area contributed by atoms with Crippen molar-refractivity contribution in [2.45, 2.75) is 12.8 Å². The van der Waals surface area contributed by atoms with Crippen molar-refractivity contribution < 1.29 is 22.7 Å². The summed E-state index contributed by atoms with van der Waals surface area (Å²) in [6.45, 7) is 3.01. The minimum Gasteiger partial charge on any atom is -0.384 e. The first-order valence-corrected chi connectivity index (χ1v) is 9.38. The standard InChI is InChI=1S/C14H26N2O5S/c1-20-9-12-8-16(22(3,18)19)11-14(12)4-6-15(7-5-14)13(17)10-21-2/h12H,4-11H2,1-3H3/t12-/m0/s1. The number of hydrogen-bond donors (Lipinski definition) is 0. The van der Waals surface area contributed by atoms with Gasteiger partial charge in [-0.05, 0) is 18.3 Å². The Morgan fingerprint density at radius 2 is 1.86 bits per heavy atom. The van der Waals surface area contributed by atoms with Gasteiger partial charge in [-0.15, -0.1) is 0 Å². The minimum absolute atomic E-state index is 0.00129. The zero-order valence-corrected chi connectivity index (χ0v) is 14.4. The molecule has 2 fully saturated rings. The van der Waals surface area contributed by atoms with Gasteiger partial charge in [0.05, 0.1) is 12.9 Å². The molecule has 0 aromatic rings. The van der Waals surface area contributed by atoms with Crippen molar-refractivity contribution >= 4 is 15.9 Å². The number of amides is 1. The number of hydrogen-bond acceptors (Lipinski definition) is 5. The van der Waals surface area contributed by atoms with Gasteiger partial charge in [-0.25, -0.2) is 12.7 Å². The molecule has 0 aromatic heterocycles. The predicted molar refractivity (Wildman–Crippen MR) is 81.9 cm³/mol. The third-order valence-electron chi connectivity index (χ3n) is 5.00. The van der Waals surface area contributed by atoms with Gasteiger partial charge in [0, 0.05) is 46.3 Å². The molecule has 1 spiro atoms. The molecule has 22 heavy (non-hydrogen) atoms. The van der Waals surface area contributed by atoms with Gasteiger partial charge in [-0.2, -0.15) is 0 Å². The van der Waals surface area contributed by atoms with Gasteiger partial charge in [-0.1, -0.05) is 0 Å². The van der Waals surface area contributed by atoms with E-state index in [9.17, 15) is 13.2 Å². The lowest BCUT2D eigenvalue weighted by atomic mass is 9.71. The summed E-state index contributed by atoms with van der Waals surface area (Å²) >= 11 is 0. The third-order valence-corrected chi connectivity index (χ3v) is 6.21. The number of piperidine rings is 1. The van der Waals surface area contributed by atoms with E-state index in [1.54, 1.807) is 11.4 Å². The van der Waals surface area contributed by atoms with Crippen LogP contribution >= 0.6 is 0 Å². The van der Waals surface area contributed by atoms with Crippen molar-refractivity contribution in [2.75, 3.05) is 59.9 Å². The Bertz CT molecular complexity index is 499. The second-order valence-corrected chi connectivity index (χ2v) is 8.37. The van der Waals surface area contributed by atoms with Crippen molar-refractivity contribution in [2.24, 2.45) is 11.3 Å².